The predicted molar refractivity (Wildman–Crippen MR) is 74.8 cm³/mol. The quantitative estimate of drug-likeness (QED) is 0.587. The number of aliphatic hydroxyl groups is 1. The highest BCUT2D eigenvalue weighted by molar-refractivity contribution is 5.93. The third-order valence-electron chi connectivity index (χ3n) is 2.68. The number of ether oxygens (including phenoxy) is 2. The zero-order valence-corrected chi connectivity index (χ0v) is 11.8. The van der Waals surface area contributed by atoms with Crippen molar-refractivity contribution in [3.8, 4) is 11.5 Å². The lowest BCUT2D eigenvalue weighted by Gasteiger charge is -2.15. The molecule has 0 aliphatic rings. The molecule has 0 aliphatic heterocycles. The number of nitrogens with one attached hydrogen (secondary N) is 2. The molecule has 2 amide bonds. The van der Waals surface area contributed by atoms with Gasteiger partial charge in [-0.25, -0.2) is 9.59 Å². The summed E-state index contributed by atoms with van der Waals surface area (Å²) in [6.45, 7) is -0.344. The van der Waals surface area contributed by atoms with E-state index in [9.17, 15) is 9.59 Å². The Kier molecular flexibility index (Phi) is 6.28. The fourth-order valence-electron chi connectivity index (χ4n) is 1.60. The second kappa shape index (κ2) is 7.95. The van der Waals surface area contributed by atoms with Crippen LogP contribution in [0.4, 0.5) is 10.5 Å². The molecule has 0 fully saturated rings. The predicted octanol–water partition coefficient (Wildman–Crippen LogP) is 0.661. The summed E-state index contributed by atoms with van der Waals surface area (Å²) in [5.74, 6) is -0.291. The van der Waals surface area contributed by atoms with Crippen molar-refractivity contribution < 1.29 is 29.3 Å². The van der Waals surface area contributed by atoms with Crippen molar-refractivity contribution in [1.82, 2.24) is 5.32 Å². The summed E-state index contributed by atoms with van der Waals surface area (Å²) in [5.41, 5.74) is 0.365. The number of carboxylic acid groups (broad SMARTS) is 1. The van der Waals surface area contributed by atoms with Gasteiger partial charge in [0, 0.05) is 19.1 Å². The zero-order valence-electron chi connectivity index (χ0n) is 11.8. The molecule has 0 heterocycles. The molecule has 1 rings (SSSR count). The molecule has 0 unspecified atom stereocenters. The van der Waals surface area contributed by atoms with Crippen molar-refractivity contribution >= 4 is 17.7 Å². The van der Waals surface area contributed by atoms with Gasteiger partial charge in [-0.3, -0.25) is 0 Å². The standard InChI is InChI=1S/C13H18N2O6/c1-20-8-3-4-9(11(7-8)21-2)14-13(19)15-10(5-6-16)12(17)18/h3-4,7,10,16H,5-6H2,1-2H3,(H,17,18)(H2,14,15,19)/t10-/m0/s1. The Morgan fingerprint density at radius 1 is 1.29 bits per heavy atom. The van der Waals surface area contributed by atoms with Crippen molar-refractivity contribution in [2.24, 2.45) is 0 Å². The van der Waals surface area contributed by atoms with E-state index in [1.165, 1.54) is 14.2 Å². The van der Waals surface area contributed by atoms with Gasteiger partial charge in [-0.05, 0) is 12.1 Å². The molecule has 0 spiro atoms. The lowest BCUT2D eigenvalue weighted by Crippen LogP contribution is -2.43. The Hall–Kier alpha value is -2.48. The van der Waals surface area contributed by atoms with Gasteiger partial charge >= 0.3 is 12.0 Å². The molecule has 21 heavy (non-hydrogen) atoms. The average molecular weight is 298 g/mol. The van der Waals surface area contributed by atoms with Gasteiger partial charge in [0.05, 0.1) is 19.9 Å². The van der Waals surface area contributed by atoms with Crippen LogP contribution < -0.4 is 20.1 Å². The number of aliphatic hydroxyl groups excluding tert-OH is 1. The number of hydrogen-bond acceptors (Lipinski definition) is 5. The molecule has 0 radical (unpaired) electrons. The number of rotatable bonds is 7. The van der Waals surface area contributed by atoms with Gasteiger partial charge in [0.1, 0.15) is 17.5 Å². The number of hydrogen-bond donors (Lipinski definition) is 4. The molecular weight excluding hydrogens is 280 g/mol. The van der Waals surface area contributed by atoms with Gasteiger partial charge in [0.25, 0.3) is 0 Å². The van der Waals surface area contributed by atoms with Crippen LogP contribution in [0.15, 0.2) is 18.2 Å². The minimum atomic E-state index is -1.22. The van der Waals surface area contributed by atoms with Crippen molar-refractivity contribution in [1.29, 1.82) is 0 Å². The van der Waals surface area contributed by atoms with E-state index < -0.39 is 18.0 Å². The fourth-order valence-corrected chi connectivity index (χ4v) is 1.60. The number of aliphatic carboxylic acids is 1. The van der Waals surface area contributed by atoms with Crippen LogP contribution in [-0.2, 0) is 4.79 Å². The Balaban J connectivity index is 2.76. The van der Waals surface area contributed by atoms with Crippen molar-refractivity contribution in [3.63, 3.8) is 0 Å². The van der Waals surface area contributed by atoms with E-state index in [1.807, 2.05) is 0 Å². The van der Waals surface area contributed by atoms with Gasteiger partial charge in [-0.2, -0.15) is 0 Å². The molecule has 8 nitrogen and oxygen atoms in total. The molecule has 0 aliphatic carbocycles. The van der Waals surface area contributed by atoms with E-state index in [0.29, 0.717) is 17.2 Å². The second-order valence-electron chi connectivity index (χ2n) is 4.07. The molecule has 1 aromatic rings. The van der Waals surface area contributed by atoms with Crippen LogP contribution in [-0.4, -0.2) is 49.1 Å². The fraction of sp³-hybridized carbons (Fsp3) is 0.385. The monoisotopic (exact) mass is 298 g/mol. The highest BCUT2D eigenvalue weighted by Gasteiger charge is 2.19. The number of urea groups is 1. The minimum absolute atomic E-state index is 0.0809. The van der Waals surface area contributed by atoms with Crippen LogP contribution in [0.3, 0.4) is 0 Å². The molecular formula is C13H18N2O6. The normalized spacial score (nSPS) is 11.4. The maximum absolute atomic E-state index is 11.8. The van der Waals surface area contributed by atoms with Crippen LogP contribution in [0.1, 0.15) is 6.42 Å². The molecule has 4 N–H and O–H groups in total. The molecule has 0 aromatic heterocycles. The third-order valence-corrected chi connectivity index (χ3v) is 2.68. The highest BCUT2D eigenvalue weighted by Crippen LogP contribution is 2.28. The smallest absolute Gasteiger partial charge is 0.326 e. The Bertz CT molecular complexity index is 505. The largest absolute Gasteiger partial charge is 0.497 e. The number of methoxy groups -OCH3 is 2. The Labute approximate surface area is 121 Å². The summed E-state index contributed by atoms with van der Waals surface area (Å²) in [4.78, 5) is 22.7. The van der Waals surface area contributed by atoms with E-state index in [4.69, 9.17) is 19.7 Å². The number of carbonyl (C=O) groups excluding carboxylic acids is 1. The van der Waals surface area contributed by atoms with Gasteiger partial charge in [0.15, 0.2) is 0 Å². The first kappa shape index (κ1) is 16.6. The van der Waals surface area contributed by atoms with Crippen molar-refractivity contribution in [2.45, 2.75) is 12.5 Å². The number of anilines is 1. The SMILES string of the molecule is COc1ccc(NC(=O)N[C@@H](CCO)C(=O)O)c(OC)c1. The van der Waals surface area contributed by atoms with Crippen LogP contribution in [0.5, 0.6) is 11.5 Å². The number of carboxylic acids is 1. The second-order valence-corrected chi connectivity index (χ2v) is 4.07. The van der Waals surface area contributed by atoms with E-state index in [2.05, 4.69) is 10.6 Å². The molecule has 0 saturated heterocycles. The lowest BCUT2D eigenvalue weighted by molar-refractivity contribution is -0.139. The van der Waals surface area contributed by atoms with Crippen molar-refractivity contribution in [2.75, 3.05) is 26.1 Å². The maximum atomic E-state index is 11.8. The van der Waals surface area contributed by atoms with Crippen LogP contribution >= 0.6 is 0 Å². The van der Waals surface area contributed by atoms with Gasteiger partial charge in [0.2, 0.25) is 0 Å². The molecule has 1 aromatic carbocycles. The number of carbonyl (C=O) groups is 2. The Morgan fingerprint density at radius 3 is 2.52 bits per heavy atom. The molecule has 116 valence electrons. The first-order chi connectivity index (χ1) is 10.0. The first-order valence-electron chi connectivity index (χ1n) is 6.15. The van der Waals surface area contributed by atoms with Gasteiger partial charge in [-0.1, -0.05) is 0 Å². The first-order valence-corrected chi connectivity index (χ1v) is 6.15. The average Bonchev–Trinajstić information content (AvgIpc) is 2.47. The number of benzene rings is 1. The molecule has 8 heteroatoms. The zero-order chi connectivity index (χ0) is 15.8. The summed E-state index contributed by atoms with van der Waals surface area (Å²) in [6, 6.07) is 2.90. The van der Waals surface area contributed by atoms with E-state index in [1.54, 1.807) is 18.2 Å². The Morgan fingerprint density at radius 2 is 2.00 bits per heavy atom. The maximum Gasteiger partial charge on any atom is 0.326 e. The van der Waals surface area contributed by atoms with Crippen LogP contribution in [0.2, 0.25) is 0 Å². The summed E-state index contributed by atoms with van der Waals surface area (Å²) >= 11 is 0. The van der Waals surface area contributed by atoms with Crippen molar-refractivity contribution in [3.05, 3.63) is 18.2 Å². The molecule has 1 atom stereocenters. The summed E-state index contributed by atoms with van der Waals surface area (Å²) in [5, 5.41) is 22.4. The van der Waals surface area contributed by atoms with E-state index in [-0.39, 0.29) is 13.0 Å². The summed E-state index contributed by atoms with van der Waals surface area (Å²) in [7, 11) is 2.94. The number of amides is 2. The topological polar surface area (TPSA) is 117 Å². The van der Waals surface area contributed by atoms with E-state index in [0.717, 1.165) is 0 Å². The minimum Gasteiger partial charge on any atom is -0.497 e. The lowest BCUT2D eigenvalue weighted by atomic mass is 10.2. The summed E-state index contributed by atoms with van der Waals surface area (Å²) < 4.78 is 10.1. The van der Waals surface area contributed by atoms with Gasteiger partial charge in [-0.15, -0.1) is 0 Å². The van der Waals surface area contributed by atoms with Gasteiger partial charge < -0.3 is 30.3 Å². The molecule has 0 saturated carbocycles. The van der Waals surface area contributed by atoms with Crippen LogP contribution in [0, 0.1) is 0 Å². The highest BCUT2D eigenvalue weighted by atomic mass is 16.5. The molecule has 0 bridgehead atoms. The van der Waals surface area contributed by atoms with E-state index >= 15 is 0 Å². The third kappa shape index (κ3) is 4.84. The summed E-state index contributed by atoms with van der Waals surface area (Å²) in [6.07, 6.45) is -0.0809. The van der Waals surface area contributed by atoms with Crippen LogP contribution in [0.25, 0.3) is 0 Å².